The van der Waals surface area contributed by atoms with Gasteiger partial charge in [-0.1, -0.05) is 50.1 Å². The molecule has 0 saturated carbocycles. The van der Waals surface area contributed by atoms with E-state index in [1.54, 1.807) is 0 Å². The van der Waals surface area contributed by atoms with Crippen molar-refractivity contribution in [2.75, 3.05) is 11.5 Å². The first kappa shape index (κ1) is 19.0. The smallest absolute Gasteiger partial charge is 0.367 e. The Balaban J connectivity index is 2.54. The molecule has 1 rings (SSSR count). The molecule has 1 atom stereocenters. The van der Waals surface area contributed by atoms with Crippen molar-refractivity contribution >= 4 is 27.2 Å². The molecule has 7 heteroatoms. The van der Waals surface area contributed by atoms with E-state index in [0.717, 1.165) is 43.0 Å². The van der Waals surface area contributed by atoms with Gasteiger partial charge in [-0.25, -0.2) is 4.79 Å². The third-order valence-electron chi connectivity index (χ3n) is 3.04. The summed E-state index contributed by atoms with van der Waals surface area (Å²) < 4.78 is 35.3. The maximum absolute atomic E-state index is 11.8. The largest absolute Gasteiger partial charge is 0.449 e. The Labute approximate surface area is 136 Å². The SMILES string of the molecule is CCCCCC(OC(=O)SCCS(=O)(=O)O)c1ccccc1. The van der Waals surface area contributed by atoms with Crippen LogP contribution in [0.3, 0.4) is 0 Å². The second-order valence-corrected chi connectivity index (χ2v) is 7.50. The summed E-state index contributed by atoms with van der Waals surface area (Å²) in [5.41, 5.74) is 0.933. The van der Waals surface area contributed by atoms with E-state index >= 15 is 0 Å². The van der Waals surface area contributed by atoms with Crippen LogP contribution in [0, 0.1) is 0 Å². The van der Waals surface area contributed by atoms with Crippen LogP contribution in [0.1, 0.15) is 44.3 Å². The Bertz CT molecular complexity index is 542. The molecule has 0 radical (unpaired) electrons. The van der Waals surface area contributed by atoms with Crippen LogP contribution in [0.5, 0.6) is 0 Å². The Morgan fingerprint density at radius 2 is 1.95 bits per heavy atom. The zero-order valence-electron chi connectivity index (χ0n) is 12.6. The highest BCUT2D eigenvalue weighted by molar-refractivity contribution is 8.13. The quantitative estimate of drug-likeness (QED) is 0.412. The number of carbonyl (C=O) groups is 1. The topological polar surface area (TPSA) is 80.7 Å². The molecule has 1 aromatic carbocycles. The number of unbranched alkanes of at least 4 members (excludes halogenated alkanes) is 2. The monoisotopic (exact) mass is 346 g/mol. The maximum Gasteiger partial charge on any atom is 0.367 e. The highest BCUT2D eigenvalue weighted by Crippen LogP contribution is 2.26. The van der Waals surface area contributed by atoms with Gasteiger partial charge in [0.1, 0.15) is 6.10 Å². The second kappa shape index (κ2) is 9.86. The molecule has 1 aromatic rings. The Kier molecular flexibility index (Phi) is 8.52. The lowest BCUT2D eigenvalue weighted by atomic mass is 10.0. The van der Waals surface area contributed by atoms with E-state index in [0.29, 0.717) is 0 Å². The van der Waals surface area contributed by atoms with Crippen molar-refractivity contribution in [3.63, 3.8) is 0 Å². The number of carbonyl (C=O) groups excluding carboxylic acids is 1. The average Bonchev–Trinajstić information content (AvgIpc) is 2.46. The van der Waals surface area contributed by atoms with Gasteiger partial charge in [0, 0.05) is 5.75 Å². The highest BCUT2D eigenvalue weighted by atomic mass is 32.2. The minimum Gasteiger partial charge on any atom is -0.449 e. The van der Waals surface area contributed by atoms with Gasteiger partial charge in [-0.15, -0.1) is 0 Å². The van der Waals surface area contributed by atoms with Crippen LogP contribution in [0.15, 0.2) is 30.3 Å². The van der Waals surface area contributed by atoms with Gasteiger partial charge in [0.2, 0.25) is 0 Å². The number of benzene rings is 1. The lowest BCUT2D eigenvalue weighted by Gasteiger charge is -2.18. The number of thioether (sulfide) groups is 1. The summed E-state index contributed by atoms with van der Waals surface area (Å²) in [4.78, 5) is 11.8. The third-order valence-corrected chi connectivity index (χ3v) is 4.76. The standard InChI is InChI=1S/C15H22O5S2/c1-2-3-5-10-14(13-8-6-4-7-9-13)20-15(16)21-11-12-22(17,18)19/h4,6-9,14H,2-3,5,10-12H2,1H3,(H,17,18,19). The molecule has 5 nitrogen and oxygen atoms in total. The molecule has 0 saturated heterocycles. The normalized spacial score (nSPS) is 12.8. The Hall–Kier alpha value is -1.05. The zero-order valence-corrected chi connectivity index (χ0v) is 14.2. The molecule has 0 amide bonds. The van der Waals surface area contributed by atoms with E-state index < -0.39 is 21.2 Å². The van der Waals surface area contributed by atoms with Gasteiger partial charge >= 0.3 is 5.30 Å². The predicted octanol–water partition coefficient (Wildman–Crippen LogP) is 4.07. The highest BCUT2D eigenvalue weighted by Gasteiger charge is 2.17. The Morgan fingerprint density at radius 3 is 2.55 bits per heavy atom. The summed E-state index contributed by atoms with van der Waals surface area (Å²) in [5.74, 6) is -0.479. The molecule has 0 bridgehead atoms. The fourth-order valence-electron chi connectivity index (χ4n) is 1.92. The molecular formula is C15H22O5S2. The minimum atomic E-state index is -4.05. The molecule has 0 fully saturated rings. The lowest BCUT2D eigenvalue weighted by Crippen LogP contribution is -2.11. The van der Waals surface area contributed by atoms with Crippen molar-refractivity contribution < 1.29 is 22.5 Å². The van der Waals surface area contributed by atoms with Crippen LogP contribution >= 0.6 is 11.8 Å². The van der Waals surface area contributed by atoms with Crippen LogP contribution in [0.2, 0.25) is 0 Å². The van der Waals surface area contributed by atoms with E-state index in [4.69, 9.17) is 9.29 Å². The Morgan fingerprint density at radius 1 is 1.27 bits per heavy atom. The lowest BCUT2D eigenvalue weighted by molar-refractivity contribution is 0.115. The average molecular weight is 346 g/mol. The molecular weight excluding hydrogens is 324 g/mol. The second-order valence-electron chi connectivity index (χ2n) is 4.90. The van der Waals surface area contributed by atoms with E-state index in [1.807, 2.05) is 30.3 Å². The van der Waals surface area contributed by atoms with Gasteiger partial charge in [0.15, 0.2) is 0 Å². The van der Waals surface area contributed by atoms with E-state index in [2.05, 4.69) is 6.92 Å². The van der Waals surface area contributed by atoms with Crippen molar-refractivity contribution in [2.24, 2.45) is 0 Å². The van der Waals surface area contributed by atoms with Crippen LogP contribution < -0.4 is 0 Å². The molecule has 0 aliphatic heterocycles. The summed E-state index contributed by atoms with van der Waals surface area (Å²) in [5, 5.41) is -0.519. The van der Waals surface area contributed by atoms with Crippen molar-refractivity contribution in [3.05, 3.63) is 35.9 Å². The number of hydrogen-bond acceptors (Lipinski definition) is 5. The van der Waals surface area contributed by atoms with Gasteiger partial charge in [0.25, 0.3) is 10.1 Å². The van der Waals surface area contributed by atoms with Gasteiger partial charge in [0.05, 0.1) is 5.75 Å². The summed E-state index contributed by atoms with van der Waals surface area (Å²) in [7, 11) is -4.05. The fourth-order valence-corrected chi connectivity index (χ4v) is 3.45. The third kappa shape index (κ3) is 8.41. The molecule has 0 heterocycles. The van der Waals surface area contributed by atoms with Crippen molar-refractivity contribution in [1.29, 1.82) is 0 Å². The van der Waals surface area contributed by atoms with Crippen molar-refractivity contribution in [3.8, 4) is 0 Å². The first-order valence-electron chi connectivity index (χ1n) is 7.26. The predicted molar refractivity (Wildman–Crippen MR) is 88.7 cm³/mol. The summed E-state index contributed by atoms with van der Waals surface area (Å²) >= 11 is 0.765. The van der Waals surface area contributed by atoms with Crippen LogP contribution in [0.4, 0.5) is 4.79 Å². The molecule has 124 valence electrons. The molecule has 1 N–H and O–H groups in total. The first-order chi connectivity index (χ1) is 10.4. The number of rotatable bonds is 9. The summed E-state index contributed by atoms with van der Waals surface area (Å²) in [6, 6.07) is 9.50. The van der Waals surface area contributed by atoms with Crippen molar-refractivity contribution in [1.82, 2.24) is 0 Å². The maximum atomic E-state index is 11.8. The molecule has 0 spiro atoms. The van der Waals surface area contributed by atoms with E-state index in [9.17, 15) is 13.2 Å². The number of ether oxygens (including phenoxy) is 1. The van der Waals surface area contributed by atoms with Gasteiger partial charge in [-0.2, -0.15) is 8.42 Å². The molecule has 0 aliphatic carbocycles. The molecule has 0 aliphatic rings. The van der Waals surface area contributed by atoms with E-state index in [1.165, 1.54) is 0 Å². The van der Waals surface area contributed by atoms with Gasteiger partial charge < -0.3 is 4.74 Å². The summed E-state index contributed by atoms with van der Waals surface area (Å²) in [6.45, 7) is 2.11. The van der Waals surface area contributed by atoms with Gasteiger partial charge in [-0.3, -0.25) is 4.55 Å². The van der Waals surface area contributed by atoms with Crippen LogP contribution in [0.25, 0.3) is 0 Å². The van der Waals surface area contributed by atoms with E-state index in [-0.39, 0.29) is 11.9 Å². The van der Waals surface area contributed by atoms with Crippen LogP contribution in [-0.4, -0.2) is 29.8 Å². The zero-order chi connectivity index (χ0) is 16.4. The van der Waals surface area contributed by atoms with Crippen molar-refractivity contribution in [2.45, 2.75) is 38.7 Å². The summed E-state index contributed by atoms with van der Waals surface area (Å²) in [6.07, 6.45) is 3.52. The fraction of sp³-hybridized carbons (Fsp3) is 0.533. The minimum absolute atomic E-state index is 0.0197. The molecule has 22 heavy (non-hydrogen) atoms. The number of hydrogen-bond donors (Lipinski definition) is 1. The molecule has 0 aromatic heterocycles. The molecule has 1 unspecified atom stereocenters. The van der Waals surface area contributed by atoms with Crippen LogP contribution in [-0.2, 0) is 14.9 Å². The first-order valence-corrected chi connectivity index (χ1v) is 9.85. The van der Waals surface area contributed by atoms with Gasteiger partial charge in [-0.05, 0) is 30.2 Å².